The molecular formula is C20H21F2NO5. The van der Waals surface area contributed by atoms with Crippen LogP contribution in [0.5, 0.6) is 11.5 Å². The van der Waals surface area contributed by atoms with E-state index in [1.165, 1.54) is 25.3 Å². The summed E-state index contributed by atoms with van der Waals surface area (Å²) in [7, 11) is 1.26. The number of ether oxygens (including phenoxy) is 2. The average molecular weight is 393 g/mol. The van der Waals surface area contributed by atoms with Gasteiger partial charge in [-0.1, -0.05) is 29.8 Å². The van der Waals surface area contributed by atoms with Gasteiger partial charge in [-0.25, -0.2) is 0 Å². The minimum absolute atomic E-state index is 0.0255. The first-order valence-corrected chi connectivity index (χ1v) is 8.49. The van der Waals surface area contributed by atoms with Crippen LogP contribution in [0.15, 0.2) is 42.5 Å². The minimum atomic E-state index is -3.02. The number of hydrogen-bond acceptors (Lipinski definition) is 4. The number of hydrogen-bond donors (Lipinski definition) is 2. The summed E-state index contributed by atoms with van der Waals surface area (Å²) >= 11 is 0. The predicted molar refractivity (Wildman–Crippen MR) is 98.0 cm³/mol. The molecule has 6 nitrogen and oxygen atoms in total. The number of benzene rings is 2. The minimum Gasteiger partial charge on any atom is -0.493 e. The van der Waals surface area contributed by atoms with E-state index in [0.29, 0.717) is 0 Å². The Morgan fingerprint density at radius 2 is 1.89 bits per heavy atom. The second-order valence-corrected chi connectivity index (χ2v) is 6.18. The molecule has 0 spiro atoms. The summed E-state index contributed by atoms with van der Waals surface area (Å²) in [6.45, 7) is -1.19. The van der Waals surface area contributed by atoms with Crippen LogP contribution in [0.1, 0.15) is 21.5 Å². The quantitative estimate of drug-likeness (QED) is 0.683. The summed E-state index contributed by atoms with van der Waals surface area (Å²) in [4.78, 5) is 23.9. The van der Waals surface area contributed by atoms with Crippen molar-refractivity contribution in [1.82, 2.24) is 5.32 Å². The number of carboxylic acids is 1. The Bertz CT molecular complexity index is 841. The van der Waals surface area contributed by atoms with Crippen LogP contribution in [0, 0.1) is 12.8 Å². The summed E-state index contributed by atoms with van der Waals surface area (Å²) in [6, 6.07) is 11.2. The first-order chi connectivity index (χ1) is 13.3. The molecule has 0 aliphatic carbocycles. The lowest BCUT2D eigenvalue weighted by Gasteiger charge is -2.15. The van der Waals surface area contributed by atoms with Crippen LogP contribution in [0.2, 0.25) is 0 Å². The summed E-state index contributed by atoms with van der Waals surface area (Å²) < 4.78 is 34.0. The van der Waals surface area contributed by atoms with Crippen molar-refractivity contribution in [2.45, 2.75) is 20.0 Å². The van der Waals surface area contributed by atoms with Crippen molar-refractivity contribution in [2.75, 3.05) is 13.7 Å². The normalized spacial score (nSPS) is 11.8. The standard InChI is InChI=1S/C20H21F2NO5/c1-12-4-3-5-13(8-12)9-15(19(25)26)11-23-18(24)14-6-7-16(28-20(21)22)17(10-14)27-2/h3-8,10,15,20H,9,11H2,1-2H3,(H,23,24)(H,25,26). The lowest BCUT2D eigenvalue weighted by atomic mass is 9.98. The number of methoxy groups -OCH3 is 1. The number of carbonyl (C=O) groups is 2. The van der Waals surface area contributed by atoms with Gasteiger partial charge in [0.1, 0.15) is 0 Å². The molecule has 1 atom stereocenters. The third-order valence-corrected chi connectivity index (χ3v) is 4.06. The fourth-order valence-electron chi connectivity index (χ4n) is 2.69. The van der Waals surface area contributed by atoms with E-state index >= 15 is 0 Å². The zero-order chi connectivity index (χ0) is 20.7. The molecule has 2 aromatic rings. The molecule has 150 valence electrons. The van der Waals surface area contributed by atoms with Crippen LogP contribution in [0.25, 0.3) is 0 Å². The molecule has 8 heteroatoms. The van der Waals surface area contributed by atoms with Crippen molar-refractivity contribution in [2.24, 2.45) is 5.92 Å². The Morgan fingerprint density at radius 1 is 1.14 bits per heavy atom. The first kappa shape index (κ1) is 21.1. The van der Waals surface area contributed by atoms with E-state index < -0.39 is 24.4 Å². The maximum Gasteiger partial charge on any atom is 0.387 e. The lowest BCUT2D eigenvalue weighted by Crippen LogP contribution is -2.34. The molecule has 0 aliphatic rings. The number of rotatable bonds is 9. The van der Waals surface area contributed by atoms with Crippen LogP contribution in [0.4, 0.5) is 8.78 Å². The molecule has 0 radical (unpaired) electrons. The van der Waals surface area contributed by atoms with Crippen LogP contribution >= 0.6 is 0 Å². The molecule has 28 heavy (non-hydrogen) atoms. The Hall–Kier alpha value is -3.16. The Labute approximate surface area is 161 Å². The van der Waals surface area contributed by atoms with Gasteiger partial charge in [0, 0.05) is 12.1 Å². The average Bonchev–Trinajstić information content (AvgIpc) is 2.64. The van der Waals surface area contributed by atoms with Gasteiger partial charge in [-0.15, -0.1) is 0 Å². The smallest absolute Gasteiger partial charge is 0.387 e. The van der Waals surface area contributed by atoms with Crippen molar-refractivity contribution in [1.29, 1.82) is 0 Å². The van der Waals surface area contributed by atoms with E-state index in [-0.39, 0.29) is 30.0 Å². The van der Waals surface area contributed by atoms with Gasteiger partial charge in [-0.2, -0.15) is 8.78 Å². The molecular weight excluding hydrogens is 372 g/mol. The molecule has 0 aliphatic heterocycles. The van der Waals surface area contributed by atoms with Gasteiger partial charge in [0.15, 0.2) is 11.5 Å². The highest BCUT2D eigenvalue weighted by Gasteiger charge is 2.20. The molecule has 0 bridgehead atoms. The van der Waals surface area contributed by atoms with Gasteiger partial charge in [-0.05, 0) is 37.1 Å². The number of alkyl halides is 2. The van der Waals surface area contributed by atoms with Gasteiger partial charge in [0.2, 0.25) is 0 Å². The van der Waals surface area contributed by atoms with Crippen LogP contribution in [-0.2, 0) is 11.2 Å². The van der Waals surface area contributed by atoms with Gasteiger partial charge in [0.25, 0.3) is 5.91 Å². The Morgan fingerprint density at radius 3 is 2.50 bits per heavy atom. The number of carbonyl (C=O) groups excluding carboxylic acids is 1. The molecule has 0 aromatic heterocycles. The van der Waals surface area contributed by atoms with Crippen molar-refractivity contribution >= 4 is 11.9 Å². The monoisotopic (exact) mass is 393 g/mol. The summed E-state index contributed by atoms with van der Waals surface area (Å²) in [5, 5.41) is 12.0. The first-order valence-electron chi connectivity index (χ1n) is 8.49. The SMILES string of the molecule is COc1cc(C(=O)NCC(Cc2cccc(C)c2)C(=O)O)ccc1OC(F)F. The topological polar surface area (TPSA) is 84.9 Å². The molecule has 0 saturated heterocycles. The number of aryl methyl sites for hydroxylation is 1. The highest BCUT2D eigenvalue weighted by atomic mass is 19.3. The van der Waals surface area contributed by atoms with Crippen LogP contribution in [0.3, 0.4) is 0 Å². The third kappa shape index (κ3) is 5.94. The van der Waals surface area contributed by atoms with Gasteiger partial charge >= 0.3 is 12.6 Å². The molecule has 1 amide bonds. The maximum absolute atomic E-state index is 12.4. The number of halogens is 2. The second-order valence-electron chi connectivity index (χ2n) is 6.18. The zero-order valence-electron chi connectivity index (χ0n) is 15.4. The summed E-state index contributed by atoms with van der Waals surface area (Å²) in [5.41, 5.74) is 2.01. The van der Waals surface area contributed by atoms with Gasteiger partial charge < -0.3 is 19.9 Å². The molecule has 2 N–H and O–H groups in total. The number of amides is 1. The van der Waals surface area contributed by atoms with E-state index in [0.717, 1.165) is 11.1 Å². The number of aliphatic carboxylic acids is 1. The predicted octanol–water partition coefficient (Wildman–Crippen LogP) is 3.28. The Balaban J connectivity index is 2.05. The van der Waals surface area contributed by atoms with Crippen molar-refractivity contribution in [3.05, 3.63) is 59.2 Å². The fourth-order valence-corrected chi connectivity index (χ4v) is 2.69. The highest BCUT2D eigenvalue weighted by Crippen LogP contribution is 2.29. The molecule has 0 heterocycles. The van der Waals surface area contributed by atoms with E-state index in [1.54, 1.807) is 0 Å². The molecule has 0 fully saturated rings. The Kier molecular flexibility index (Phi) is 7.31. The fraction of sp³-hybridized carbons (Fsp3) is 0.300. The largest absolute Gasteiger partial charge is 0.493 e. The molecule has 2 aromatic carbocycles. The van der Waals surface area contributed by atoms with E-state index in [1.807, 2.05) is 31.2 Å². The maximum atomic E-state index is 12.4. The molecule has 2 rings (SSSR count). The highest BCUT2D eigenvalue weighted by molar-refractivity contribution is 5.95. The third-order valence-electron chi connectivity index (χ3n) is 4.06. The van der Waals surface area contributed by atoms with Gasteiger partial charge in [-0.3, -0.25) is 9.59 Å². The molecule has 0 saturated carbocycles. The lowest BCUT2D eigenvalue weighted by molar-refractivity contribution is -0.141. The van der Waals surface area contributed by atoms with Crippen molar-refractivity contribution in [3.63, 3.8) is 0 Å². The van der Waals surface area contributed by atoms with E-state index in [4.69, 9.17) is 4.74 Å². The molecule has 1 unspecified atom stereocenters. The van der Waals surface area contributed by atoms with Crippen molar-refractivity contribution < 1.29 is 33.0 Å². The number of carboxylic acid groups (broad SMARTS) is 1. The second kappa shape index (κ2) is 9.68. The van der Waals surface area contributed by atoms with E-state index in [2.05, 4.69) is 10.1 Å². The van der Waals surface area contributed by atoms with Crippen molar-refractivity contribution in [3.8, 4) is 11.5 Å². The summed E-state index contributed by atoms with van der Waals surface area (Å²) in [5.74, 6) is -2.61. The zero-order valence-corrected chi connectivity index (χ0v) is 15.4. The van der Waals surface area contributed by atoms with Gasteiger partial charge in [0.05, 0.1) is 13.0 Å². The number of nitrogens with one attached hydrogen (secondary N) is 1. The van der Waals surface area contributed by atoms with E-state index in [9.17, 15) is 23.5 Å². The van der Waals surface area contributed by atoms with Crippen LogP contribution in [-0.4, -0.2) is 37.2 Å². The summed E-state index contributed by atoms with van der Waals surface area (Å²) in [6.07, 6.45) is 0.266. The van der Waals surface area contributed by atoms with Crippen LogP contribution < -0.4 is 14.8 Å².